The van der Waals surface area contributed by atoms with Gasteiger partial charge in [0.2, 0.25) is 16.9 Å². The molecule has 0 saturated carbocycles. The number of methoxy groups -OCH3 is 1. The maximum Gasteiger partial charge on any atom is 0.329 e. The van der Waals surface area contributed by atoms with Gasteiger partial charge < -0.3 is 15.4 Å². The van der Waals surface area contributed by atoms with Crippen LogP contribution >= 0.6 is 11.8 Å². The number of hydrogen-bond acceptors (Lipinski definition) is 6. The number of amides is 2. The van der Waals surface area contributed by atoms with Crippen molar-refractivity contribution in [1.29, 1.82) is 0 Å². The van der Waals surface area contributed by atoms with E-state index in [-0.39, 0.29) is 35.1 Å². The number of nitrogens with one attached hydrogen (secondary N) is 2. The van der Waals surface area contributed by atoms with Crippen molar-refractivity contribution in [2.24, 2.45) is 5.92 Å². The fourth-order valence-corrected chi connectivity index (χ4v) is 2.49. The van der Waals surface area contributed by atoms with Crippen LogP contribution in [-0.4, -0.2) is 48.3 Å². The van der Waals surface area contributed by atoms with Crippen molar-refractivity contribution in [2.45, 2.75) is 66.3 Å². The number of esters is 1. The molecule has 2 amide bonds. The number of carbonyl (C=O) groups excluding carboxylic acids is 4. The molecule has 0 spiro atoms. The van der Waals surface area contributed by atoms with E-state index in [1.807, 2.05) is 13.8 Å². The Balaban J connectivity index is 0. The smallest absolute Gasteiger partial charge is 0.329 e. The molecule has 0 radical (unpaired) electrons. The van der Waals surface area contributed by atoms with Crippen LogP contribution in [0.3, 0.4) is 0 Å². The average Bonchev–Trinajstić information content (AvgIpc) is 2.63. The molecule has 0 aliphatic carbocycles. The van der Waals surface area contributed by atoms with Crippen molar-refractivity contribution in [3.63, 3.8) is 0 Å². The summed E-state index contributed by atoms with van der Waals surface area (Å²) in [6.45, 7) is 9.36. The summed E-state index contributed by atoms with van der Waals surface area (Å²) in [6, 6.07) is -0.883. The minimum atomic E-state index is -0.883. The number of carbonyl (C=O) groups is 4. The van der Waals surface area contributed by atoms with E-state index in [2.05, 4.69) is 29.2 Å². The van der Waals surface area contributed by atoms with Crippen LogP contribution in [-0.2, 0) is 23.9 Å². The first-order valence-electron chi connectivity index (χ1n) is 9.05. The Kier molecular flexibility index (Phi) is 17.3. The normalized spacial score (nSPS) is 11.0. The minimum Gasteiger partial charge on any atom is -0.467 e. The summed E-state index contributed by atoms with van der Waals surface area (Å²) in [7, 11) is 1.21. The third kappa shape index (κ3) is 13.7. The second-order valence-electron chi connectivity index (χ2n) is 5.69. The Morgan fingerprint density at radius 2 is 1.54 bits per heavy atom. The molecule has 0 aromatic rings. The Bertz CT molecular complexity index is 437. The van der Waals surface area contributed by atoms with Crippen LogP contribution in [0.1, 0.15) is 60.3 Å². The fraction of sp³-hybridized carbons (Fsp3) is 0.778. The molecule has 0 saturated heterocycles. The summed E-state index contributed by atoms with van der Waals surface area (Å²) in [6.07, 6.45) is 4.08. The molecule has 1 atom stereocenters. The molecule has 0 bridgehead atoms. The molecular formula is C18H34N2O5S. The maximum atomic E-state index is 11.7. The summed E-state index contributed by atoms with van der Waals surface area (Å²) in [5.41, 5.74) is 0. The van der Waals surface area contributed by atoms with Gasteiger partial charge in [-0.25, -0.2) is 4.79 Å². The van der Waals surface area contributed by atoms with E-state index in [4.69, 9.17) is 0 Å². The zero-order valence-corrected chi connectivity index (χ0v) is 17.7. The highest BCUT2D eigenvalue weighted by Crippen LogP contribution is 2.08. The number of thioether (sulfide) groups is 1. The predicted molar refractivity (Wildman–Crippen MR) is 105 cm³/mol. The van der Waals surface area contributed by atoms with E-state index in [1.54, 1.807) is 0 Å². The van der Waals surface area contributed by atoms with E-state index < -0.39 is 12.0 Å². The van der Waals surface area contributed by atoms with Gasteiger partial charge in [-0.1, -0.05) is 52.3 Å². The monoisotopic (exact) mass is 390 g/mol. The molecule has 0 aromatic carbocycles. The fourth-order valence-electron chi connectivity index (χ4n) is 1.75. The molecule has 0 fully saturated rings. The molecule has 0 heterocycles. The lowest BCUT2D eigenvalue weighted by atomic mass is 10.0. The first-order valence-corrected chi connectivity index (χ1v) is 10.0. The van der Waals surface area contributed by atoms with Crippen LogP contribution < -0.4 is 10.6 Å². The van der Waals surface area contributed by atoms with Gasteiger partial charge in [0.25, 0.3) is 0 Å². The van der Waals surface area contributed by atoms with Gasteiger partial charge in [-0.3, -0.25) is 14.4 Å². The van der Waals surface area contributed by atoms with Crippen LogP contribution in [0.15, 0.2) is 0 Å². The van der Waals surface area contributed by atoms with E-state index in [9.17, 15) is 19.2 Å². The van der Waals surface area contributed by atoms with Crippen LogP contribution in [0.4, 0.5) is 0 Å². The van der Waals surface area contributed by atoms with Gasteiger partial charge in [-0.15, -0.1) is 0 Å². The maximum absolute atomic E-state index is 11.7. The lowest BCUT2D eigenvalue weighted by Gasteiger charge is -2.15. The lowest BCUT2D eigenvalue weighted by Crippen LogP contribution is -2.42. The van der Waals surface area contributed by atoms with Crippen molar-refractivity contribution in [3.05, 3.63) is 0 Å². The summed E-state index contributed by atoms with van der Waals surface area (Å²) in [5, 5.41) is 4.71. The molecule has 26 heavy (non-hydrogen) atoms. The van der Waals surface area contributed by atoms with Crippen molar-refractivity contribution in [2.75, 3.05) is 19.4 Å². The van der Waals surface area contributed by atoms with Gasteiger partial charge >= 0.3 is 5.97 Å². The van der Waals surface area contributed by atoms with Gasteiger partial charge in [0, 0.05) is 18.6 Å². The van der Waals surface area contributed by atoms with Crippen LogP contribution in [0.25, 0.3) is 0 Å². The Morgan fingerprint density at radius 3 is 1.92 bits per heavy atom. The molecule has 152 valence electrons. The molecule has 2 N–H and O–H groups in total. The summed E-state index contributed by atoms with van der Waals surface area (Å²) in [4.78, 5) is 45.9. The topological polar surface area (TPSA) is 102 Å². The third-order valence-corrected chi connectivity index (χ3v) is 4.50. The Labute approximate surface area is 161 Å². The zero-order chi connectivity index (χ0) is 20.5. The van der Waals surface area contributed by atoms with Gasteiger partial charge in [0.1, 0.15) is 6.04 Å². The minimum absolute atomic E-state index is 0.0614. The quantitative estimate of drug-likeness (QED) is 0.555. The largest absolute Gasteiger partial charge is 0.467 e. The van der Waals surface area contributed by atoms with Gasteiger partial charge in [0.05, 0.1) is 13.7 Å². The van der Waals surface area contributed by atoms with Crippen LogP contribution in [0.2, 0.25) is 0 Å². The van der Waals surface area contributed by atoms with Gasteiger partial charge in [-0.05, 0) is 12.8 Å². The van der Waals surface area contributed by atoms with E-state index in [0.717, 1.165) is 24.6 Å². The molecule has 7 nitrogen and oxygen atoms in total. The van der Waals surface area contributed by atoms with E-state index in [1.165, 1.54) is 26.9 Å². The second kappa shape index (κ2) is 16.9. The first-order chi connectivity index (χ1) is 12.3. The van der Waals surface area contributed by atoms with E-state index >= 15 is 0 Å². The van der Waals surface area contributed by atoms with Gasteiger partial charge in [-0.2, -0.15) is 0 Å². The first kappa shape index (κ1) is 26.7. The van der Waals surface area contributed by atoms with Crippen LogP contribution in [0, 0.1) is 5.92 Å². The summed E-state index contributed by atoms with van der Waals surface area (Å²) >= 11 is 0.870. The SMILES string of the molecule is CCC(CC)C(=O)NCC(=O)SCC(NC(C)=O)C(=O)OC.CCCC. The molecule has 0 aliphatic heterocycles. The number of rotatable bonds is 10. The molecular weight excluding hydrogens is 356 g/mol. The lowest BCUT2D eigenvalue weighted by molar-refractivity contribution is -0.144. The Hall–Kier alpha value is -1.57. The van der Waals surface area contributed by atoms with Crippen molar-refractivity contribution < 1.29 is 23.9 Å². The highest BCUT2D eigenvalue weighted by molar-refractivity contribution is 8.13. The van der Waals surface area contributed by atoms with Crippen molar-refractivity contribution in [3.8, 4) is 0 Å². The number of ether oxygens (including phenoxy) is 1. The summed E-state index contributed by atoms with van der Waals surface area (Å²) in [5.74, 6) is -1.18. The van der Waals surface area contributed by atoms with Crippen LogP contribution in [0.5, 0.6) is 0 Å². The summed E-state index contributed by atoms with van der Waals surface area (Å²) < 4.78 is 4.56. The number of hydrogen-bond donors (Lipinski definition) is 2. The molecule has 8 heteroatoms. The predicted octanol–water partition coefficient (Wildman–Crippen LogP) is 2.28. The second-order valence-corrected chi connectivity index (χ2v) is 6.77. The van der Waals surface area contributed by atoms with Crippen molar-refractivity contribution in [1.82, 2.24) is 10.6 Å². The Morgan fingerprint density at radius 1 is 1.00 bits per heavy atom. The average molecular weight is 391 g/mol. The van der Waals surface area contributed by atoms with Crippen molar-refractivity contribution >= 4 is 34.7 Å². The molecule has 0 aliphatic rings. The third-order valence-electron chi connectivity index (χ3n) is 3.54. The molecule has 0 rings (SSSR count). The van der Waals surface area contributed by atoms with Gasteiger partial charge in [0.15, 0.2) is 0 Å². The number of unbranched alkanes of at least 4 members (excludes halogenated alkanes) is 1. The highest BCUT2D eigenvalue weighted by Gasteiger charge is 2.22. The van der Waals surface area contributed by atoms with E-state index in [0.29, 0.717) is 0 Å². The standard InChI is InChI=1S/C14H24N2O5S.C4H10/c1-5-10(6-2)13(19)15-7-12(18)22-8-11(14(20)21-4)16-9(3)17;1-3-4-2/h10-11H,5-8H2,1-4H3,(H,15,19)(H,16,17);3-4H2,1-2H3. The highest BCUT2D eigenvalue weighted by atomic mass is 32.2. The molecule has 1 unspecified atom stereocenters. The zero-order valence-electron chi connectivity index (χ0n) is 16.8. The molecule has 0 aromatic heterocycles.